The molecule has 4 aromatic rings. The summed E-state index contributed by atoms with van der Waals surface area (Å²) >= 11 is 8.20. The van der Waals surface area contributed by atoms with Crippen LogP contribution in [0.25, 0.3) is 16.7 Å². The second-order valence-electron chi connectivity index (χ2n) is 6.75. The molecule has 2 heterocycles. The van der Waals surface area contributed by atoms with Gasteiger partial charge in [0.1, 0.15) is 0 Å². The zero-order chi connectivity index (χ0) is 18.8. The summed E-state index contributed by atoms with van der Waals surface area (Å²) in [6, 6.07) is 15.9. The van der Waals surface area contributed by atoms with E-state index in [1.807, 2.05) is 48.8 Å². The molecule has 0 saturated carbocycles. The molecule has 138 valence electrons. The van der Waals surface area contributed by atoms with Crippen molar-refractivity contribution in [1.29, 1.82) is 0 Å². The van der Waals surface area contributed by atoms with Crippen molar-refractivity contribution in [3.8, 4) is 5.69 Å². The van der Waals surface area contributed by atoms with Gasteiger partial charge in [0.25, 0.3) is 0 Å². The Labute approximate surface area is 167 Å². The van der Waals surface area contributed by atoms with Gasteiger partial charge >= 0.3 is 0 Å². The molecule has 27 heavy (non-hydrogen) atoms. The first-order valence-corrected chi connectivity index (χ1v) is 10.2. The van der Waals surface area contributed by atoms with E-state index in [4.69, 9.17) is 11.6 Å². The van der Waals surface area contributed by atoms with Crippen LogP contribution >= 0.6 is 23.4 Å². The lowest BCUT2D eigenvalue weighted by molar-refractivity contribution is 0.727. The quantitative estimate of drug-likeness (QED) is 0.426. The summed E-state index contributed by atoms with van der Waals surface area (Å²) in [4.78, 5) is 4.48. The van der Waals surface area contributed by atoms with Gasteiger partial charge < -0.3 is 4.57 Å². The van der Waals surface area contributed by atoms with Crippen molar-refractivity contribution in [2.45, 2.75) is 25.5 Å². The van der Waals surface area contributed by atoms with E-state index in [9.17, 15) is 0 Å². The Balaban J connectivity index is 1.77. The molecule has 0 aliphatic carbocycles. The fourth-order valence-corrected chi connectivity index (χ4v) is 4.04. The molecular weight excluding hydrogens is 378 g/mol. The molecule has 0 saturated heterocycles. The number of rotatable bonds is 6. The molecule has 0 aliphatic heterocycles. The maximum atomic E-state index is 6.49. The van der Waals surface area contributed by atoms with Crippen molar-refractivity contribution in [3.05, 3.63) is 65.7 Å². The van der Waals surface area contributed by atoms with Crippen molar-refractivity contribution in [2.24, 2.45) is 5.92 Å². The summed E-state index contributed by atoms with van der Waals surface area (Å²) in [5.74, 6) is 2.36. The molecule has 4 rings (SSSR count). The highest BCUT2D eigenvalue weighted by molar-refractivity contribution is 7.99. The summed E-state index contributed by atoms with van der Waals surface area (Å²) in [7, 11) is 0. The van der Waals surface area contributed by atoms with E-state index in [1.54, 1.807) is 11.8 Å². The number of benzene rings is 2. The minimum atomic E-state index is 0.562. The Kier molecular flexibility index (Phi) is 5.18. The topological polar surface area (TPSA) is 48.5 Å². The Morgan fingerprint density at radius 3 is 2.63 bits per heavy atom. The van der Waals surface area contributed by atoms with E-state index in [-0.39, 0.29) is 0 Å². The third-order valence-electron chi connectivity index (χ3n) is 4.18. The van der Waals surface area contributed by atoms with Crippen LogP contribution in [0, 0.1) is 5.92 Å². The van der Waals surface area contributed by atoms with Crippen molar-refractivity contribution < 1.29 is 0 Å². The number of fused-ring (bicyclic) bond motifs is 1. The number of hydrogen-bond acceptors (Lipinski definition) is 4. The van der Waals surface area contributed by atoms with Gasteiger partial charge in [-0.1, -0.05) is 61.5 Å². The van der Waals surface area contributed by atoms with Crippen LogP contribution in [0.15, 0.2) is 60.0 Å². The largest absolute Gasteiger partial charge is 0.323 e. The number of hydrogen-bond donors (Lipinski definition) is 0. The van der Waals surface area contributed by atoms with Crippen molar-refractivity contribution in [2.75, 3.05) is 5.75 Å². The normalized spacial score (nSPS) is 11.6. The fourth-order valence-electron chi connectivity index (χ4n) is 2.90. The van der Waals surface area contributed by atoms with Crippen molar-refractivity contribution >= 4 is 34.4 Å². The second-order valence-corrected chi connectivity index (χ2v) is 8.15. The maximum absolute atomic E-state index is 6.49. The van der Waals surface area contributed by atoms with Crippen LogP contribution in [0.5, 0.6) is 0 Å². The highest BCUT2D eigenvalue weighted by atomic mass is 35.5. The molecule has 0 bridgehead atoms. The average Bonchev–Trinajstić information content (AvgIpc) is 3.25. The molecule has 2 aromatic carbocycles. The highest BCUT2D eigenvalue weighted by Crippen LogP contribution is 2.28. The third-order valence-corrected chi connectivity index (χ3v) is 5.85. The number of thioether (sulfide) groups is 1. The molecule has 0 spiro atoms. The maximum Gasteiger partial charge on any atom is 0.195 e. The number of nitrogens with zero attached hydrogens (tertiary/aromatic N) is 5. The van der Waals surface area contributed by atoms with Crippen LogP contribution in [0.4, 0.5) is 0 Å². The van der Waals surface area contributed by atoms with E-state index in [0.717, 1.165) is 33.5 Å². The molecule has 0 fully saturated rings. The molecule has 0 unspecified atom stereocenters. The Hall–Kier alpha value is -2.31. The first-order chi connectivity index (χ1) is 13.1. The summed E-state index contributed by atoms with van der Waals surface area (Å²) in [5, 5.41) is 10.5. The lowest BCUT2D eigenvalue weighted by atomic mass is 10.3. The highest BCUT2D eigenvalue weighted by Gasteiger charge is 2.18. The first kappa shape index (κ1) is 18.1. The summed E-state index contributed by atoms with van der Waals surface area (Å²) in [6.07, 6.45) is 1.84. The van der Waals surface area contributed by atoms with Gasteiger partial charge in [-0.05, 0) is 30.2 Å². The number of para-hydroxylation sites is 3. The standard InChI is InChI=1S/C20H20ClN5S/c1-14(2)12-27-20-24-23-19(26(20)17-9-5-3-7-15(17)21)11-25-13-22-16-8-4-6-10-18(16)25/h3-10,13-14H,11-12H2,1-2H3. The molecule has 0 radical (unpaired) electrons. The zero-order valence-corrected chi connectivity index (χ0v) is 16.8. The van der Waals surface area contributed by atoms with Crippen molar-refractivity contribution in [1.82, 2.24) is 24.3 Å². The molecule has 7 heteroatoms. The Morgan fingerprint density at radius 1 is 1.04 bits per heavy atom. The predicted octanol–water partition coefficient (Wildman–Crippen LogP) is 5.07. The van der Waals surface area contributed by atoms with Gasteiger partial charge in [-0.2, -0.15) is 0 Å². The molecule has 5 nitrogen and oxygen atoms in total. The van der Waals surface area contributed by atoms with E-state index < -0.39 is 0 Å². The number of imidazole rings is 1. The van der Waals surface area contributed by atoms with Gasteiger partial charge in [-0.15, -0.1) is 10.2 Å². The summed E-state index contributed by atoms with van der Waals surface area (Å²) in [5.41, 5.74) is 2.94. The van der Waals surface area contributed by atoms with Crippen LogP contribution < -0.4 is 0 Å². The van der Waals surface area contributed by atoms with E-state index in [2.05, 4.69) is 44.2 Å². The molecular formula is C20H20ClN5S. The van der Waals surface area contributed by atoms with Gasteiger partial charge in [-0.3, -0.25) is 4.57 Å². The fraction of sp³-hybridized carbons (Fsp3) is 0.250. The van der Waals surface area contributed by atoms with Crippen LogP contribution in [-0.4, -0.2) is 30.1 Å². The Morgan fingerprint density at radius 2 is 1.81 bits per heavy atom. The minimum Gasteiger partial charge on any atom is -0.323 e. The third kappa shape index (κ3) is 3.73. The van der Waals surface area contributed by atoms with Crippen LogP contribution in [0.3, 0.4) is 0 Å². The van der Waals surface area contributed by atoms with Crippen LogP contribution in [-0.2, 0) is 6.54 Å². The SMILES string of the molecule is CC(C)CSc1nnc(Cn2cnc3ccccc32)n1-c1ccccc1Cl. The lowest BCUT2D eigenvalue weighted by Gasteiger charge is -2.13. The number of halogens is 1. The molecule has 0 atom stereocenters. The van der Waals surface area contributed by atoms with E-state index >= 15 is 0 Å². The van der Waals surface area contributed by atoms with Gasteiger partial charge in [0.05, 0.1) is 34.6 Å². The minimum absolute atomic E-state index is 0.562. The number of aromatic nitrogens is 5. The van der Waals surface area contributed by atoms with E-state index in [1.165, 1.54) is 0 Å². The van der Waals surface area contributed by atoms with Crippen LogP contribution in [0.2, 0.25) is 5.02 Å². The summed E-state index contributed by atoms with van der Waals surface area (Å²) < 4.78 is 4.15. The summed E-state index contributed by atoms with van der Waals surface area (Å²) in [6.45, 7) is 4.96. The first-order valence-electron chi connectivity index (χ1n) is 8.85. The molecule has 0 aliphatic rings. The predicted molar refractivity (Wildman–Crippen MR) is 111 cm³/mol. The average molecular weight is 398 g/mol. The van der Waals surface area contributed by atoms with Gasteiger partial charge in [0.2, 0.25) is 0 Å². The molecule has 2 aromatic heterocycles. The van der Waals surface area contributed by atoms with Crippen molar-refractivity contribution in [3.63, 3.8) is 0 Å². The lowest BCUT2D eigenvalue weighted by Crippen LogP contribution is -2.08. The second kappa shape index (κ2) is 7.74. The smallest absolute Gasteiger partial charge is 0.195 e. The monoisotopic (exact) mass is 397 g/mol. The van der Waals surface area contributed by atoms with Gasteiger partial charge in [0.15, 0.2) is 11.0 Å². The van der Waals surface area contributed by atoms with Gasteiger partial charge in [0, 0.05) is 5.75 Å². The molecule has 0 amide bonds. The van der Waals surface area contributed by atoms with Crippen LogP contribution in [0.1, 0.15) is 19.7 Å². The van der Waals surface area contributed by atoms with E-state index in [0.29, 0.717) is 17.5 Å². The molecule has 0 N–H and O–H groups in total. The van der Waals surface area contributed by atoms with Gasteiger partial charge in [-0.25, -0.2) is 4.98 Å². The zero-order valence-electron chi connectivity index (χ0n) is 15.2. The Bertz CT molecular complexity index is 1070.